The monoisotopic (exact) mass is 380 g/mol. The third-order valence-electron chi connectivity index (χ3n) is 4.77. The number of urea groups is 1. The van der Waals surface area contributed by atoms with Crippen molar-refractivity contribution >= 4 is 6.03 Å². The zero-order chi connectivity index (χ0) is 19.6. The zero-order valence-corrected chi connectivity index (χ0v) is 14.0. The molecule has 13 nitrogen and oxygen atoms in total. The molecule has 0 aromatic rings. The van der Waals surface area contributed by atoms with Gasteiger partial charge in [0.1, 0.15) is 36.6 Å². The Morgan fingerprint density at radius 3 is 2.35 bits per heavy atom. The average Bonchev–Trinajstić information content (AvgIpc) is 2.62. The highest BCUT2D eigenvalue weighted by Crippen LogP contribution is 2.27. The molecule has 10 atom stereocenters. The average molecular weight is 380 g/mol. The van der Waals surface area contributed by atoms with Crippen LogP contribution < -0.4 is 33.8 Å². The van der Waals surface area contributed by atoms with Gasteiger partial charge in [-0.25, -0.2) is 10.6 Å². The van der Waals surface area contributed by atoms with Crippen molar-refractivity contribution in [3.05, 3.63) is 0 Å². The van der Waals surface area contributed by atoms with E-state index in [-0.39, 0.29) is 13.0 Å². The highest BCUT2D eigenvalue weighted by Gasteiger charge is 2.48. The van der Waals surface area contributed by atoms with E-state index < -0.39 is 67.1 Å². The van der Waals surface area contributed by atoms with E-state index in [1.165, 1.54) is 0 Å². The van der Waals surface area contributed by atoms with Gasteiger partial charge < -0.3 is 52.4 Å². The quantitative estimate of drug-likeness (QED) is 0.125. The molecule has 0 spiro atoms. The van der Waals surface area contributed by atoms with Crippen LogP contribution in [0.15, 0.2) is 0 Å². The largest absolute Gasteiger partial charge is 0.388 e. The number of nitrogens with two attached hydrogens (primary N) is 4. The molecule has 0 bridgehead atoms. The molecule has 0 radical (unpaired) electrons. The summed E-state index contributed by atoms with van der Waals surface area (Å²) in [4.78, 5) is 11.3. The summed E-state index contributed by atoms with van der Waals surface area (Å²) in [6, 6.07) is -3.52. The van der Waals surface area contributed by atoms with Crippen LogP contribution in [0.5, 0.6) is 0 Å². The third kappa shape index (κ3) is 4.23. The Hall–Kier alpha value is -1.13. The molecule has 1 aliphatic carbocycles. The third-order valence-corrected chi connectivity index (χ3v) is 4.77. The number of ether oxygens (including phenoxy) is 2. The predicted molar refractivity (Wildman–Crippen MR) is 86.8 cm³/mol. The fraction of sp³-hybridized carbons (Fsp3) is 0.923. The minimum Gasteiger partial charge on any atom is -0.388 e. The predicted octanol–water partition coefficient (Wildman–Crippen LogP) is -5.90. The number of aliphatic hydroxyl groups is 4. The summed E-state index contributed by atoms with van der Waals surface area (Å²) in [5, 5.41) is 42.8. The number of rotatable bonds is 4. The fourth-order valence-corrected chi connectivity index (χ4v) is 3.21. The first-order chi connectivity index (χ1) is 12.2. The van der Waals surface area contributed by atoms with Crippen LogP contribution in [0.25, 0.3) is 0 Å². The molecule has 2 rings (SSSR count). The first kappa shape index (κ1) is 21.2. The number of hydrazine groups is 1. The molecular weight excluding hydrogens is 352 g/mol. The molecule has 26 heavy (non-hydrogen) atoms. The van der Waals surface area contributed by atoms with Gasteiger partial charge >= 0.3 is 6.03 Å². The van der Waals surface area contributed by atoms with Gasteiger partial charge in [0.2, 0.25) is 0 Å². The molecule has 0 aromatic heterocycles. The van der Waals surface area contributed by atoms with Crippen LogP contribution in [-0.4, -0.2) is 94.0 Å². The van der Waals surface area contributed by atoms with Crippen LogP contribution in [0.2, 0.25) is 0 Å². The molecule has 1 saturated heterocycles. The molecule has 1 aliphatic heterocycles. The van der Waals surface area contributed by atoms with Gasteiger partial charge in [0.15, 0.2) is 6.29 Å². The van der Waals surface area contributed by atoms with Crippen molar-refractivity contribution < 1.29 is 34.7 Å². The lowest BCUT2D eigenvalue weighted by Gasteiger charge is -2.46. The van der Waals surface area contributed by atoms with Crippen molar-refractivity contribution in [3.63, 3.8) is 0 Å². The summed E-state index contributed by atoms with van der Waals surface area (Å²) >= 11 is 0. The zero-order valence-electron chi connectivity index (χ0n) is 14.0. The summed E-state index contributed by atoms with van der Waals surface area (Å²) in [6.07, 6.45) is -8.66. The molecule has 1 saturated carbocycles. The van der Waals surface area contributed by atoms with Gasteiger partial charge in [-0.05, 0) is 6.42 Å². The van der Waals surface area contributed by atoms with Crippen LogP contribution in [0.4, 0.5) is 4.79 Å². The van der Waals surface area contributed by atoms with Crippen molar-refractivity contribution in [2.75, 3.05) is 6.54 Å². The number of carbonyl (C=O) groups excluding carboxylic acids is 1. The van der Waals surface area contributed by atoms with Gasteiger partial charge in [-0.2, -0.15) is 0 Å². The van der Waals surface area contributed by atoms with Gasteiger partial charge in [0.05, 0.1) is 12.1 Å². The van der Waals surface area contributed by atoms with Crippen LogP contribution >= 0.6 is 0 Å². The molecule has 2 fully saturated rings. The van der Waals surface area contributed by atoms with Crippen molar-refractivity contribution in [1.29, 1.82) is 0 Å². The first-order valence-electron chi connectivity index (χ1n) is 8.22. The minimum absolute atomic E-state index is 0.0732. The first-order valence-corrected chi connectivity index (χ1v) is 8.22. The Bertz CT molecular complexity index is 486. The normalized spacial score (nSPS) is 46.6. The highest BCUT2D eigenvalue weighted by atomic mass is 16.7. The van der Waals surface area contributed by atoms with Gasteiger partial charge in [0, 0.05) is 12.6 Å². The van der Waals surface area contributed by atoms with E-state index in [1.807, 2.05) is 5.43 Å². The van der Waals surface area contributed by atoms with E-state index in [2.05, 4.69) is 5.32 Å². The molecule has 0 aromatic carbocycles. The Balaban J connectivity index is 2.06. The fourth-order valence-electron chi connectivity index (χ4n) is 3.21. The maximum Gasteiger partial charge on any atom is 0.329 e. The van der Waals surface area contributed by atoms with Crippen LogP contribution in [0.1, 0.15) is 6.42 Å². The molecule has 152 valence electrons. The molecule has 0 unspecified atom stereocenters. The van der Waals surface area contributed by atoms with Crippen molar-refractivity contribution in [2.24, 2.45) is 23.0 Å². The second-order valence-electron chi connectivity index (χ2n) is 6.54. The summed E-state index contributed by atoms with van der Waals surface area (Å²) in [6.45, 7) is -0.0904. The summed E-state index contributed by atoms with van der Waals surface area (Å²) < 4.78 is 11.1. The molecule has 13 heteroatoms. The second-order valence-corrected chi connectivity index (χ2v) is 6.54. The summed E-state index contributed by atoms with van der Waals surface area (Å²) in [7, 11) is 0. The standard InChI is InChI=1S/C13H28N6O7/c14-2-5-8(21)9(22)6(16)12(25-5)26-11-3(15)1-4(7(20)10(11)23)18-13(24)19-17/h3-12,20-23H,1-2,14-17H2,(H2,18,19,24)/t3-,4+,5-,6-,7-,8-,9-,10+,11+,12-/m1/s1. The van der Waals surface area contributed by atoms with Gasteiger partial charge in [-0.15, -0.1) is 0 Å². The minimum atomic E-state index is -1.47. The molecule has 1 heterocycles. The van der Waals surface area contributed by atoms with E-state index in [0.29, 0.717) is 0 Å². The summed E-state index contributed by atoms with van der Waals surface area (Å²) in [5.74, 6) is 4.97. The second kappa shape index (κ2) is 8.71. The molecular formula is C13H28N6O7. The van der Waals surface area contributed by atoms with Crippen molar-refractivity contribution in [2.45, 2.75) is 67.5 Å². The number of amides is 2. The topological polar surface area (TPSA) is 245 Å². The lowest BCUT2D eigenvalue weighted by atomic mass is 9.84. The Morgan fingerprint density at radius 1 is 1.12 bits per heavy atom. The lowest BCUT2D eigenvalue weighted by molar-refractivity contribution is -0.288. The van der Waals surface area contributed by atoms with Gasteiger partial charge in [-0.3, -0.25) is 5.43 Å². The molecule has 14 N–H and O–H groups in total. The number of hydrogen-bond donors (Lipinski definition) is 10. The highest BCUT2D eigenvalue weighted by molar-refractivity contribution is 5.73. The van der Waals surface area contributed by atoms with E-state index in [4.69, 9.17) is 32.5 Å². The molecule has 2 aliphatic rings. The molecule has 2 amide bonds. The lowest BCUT2D eigenvalue weighted by Crippen LogP contribution is -2.68. The smallest absolute Gasteiger partial charge is 0.329 e. The Kier molecular flexibility index (Phi) is 7.09. The van der Waals surface area contributed by atoms with Gasteiger partial charge in [-0.1, -0.05) is 0 Å². The maximum atomic E-state index is 11.3. The SMILES string of the molecule is NC[C@H]1O[C@H](O[C@@H]2[C@@H](O)[C@H](O)[C@@H](NC(=O)NN)C[C@H]2N)[C@H](N)[C@@H](O)[C@@H]1O. The Morgan fingerprint density at radius 2 is 1.77 bits per heavy atom. The van der Waals surface area contributed by atoms with Crippen molar-refractivity contribution in [3.8, 4) is 0 Å². The van der Waals surface area contributed by atoms with Crippen LogP contribution in [-0.2, 0) is 9.47 Å². The number of nitrogens with one attached hydrogen (secondary N) is 2. The van der Waals surface area contributed by atoms with E-state index in [9.17, 15) is 25.2 Å². The van der Waals surface area contributed by atoms with Crippen molar-refractivity contribution in [1.82, 2.24) is 10.7 Å². The number of carbonyl (C=O) groups is 1. The van der Waals surface area contributed by atoms with Gasteiger partial charge in [0.25, 0.3) is 0 Å². The maximum absolute atomic E-state index is 11.3. The number of aliphatic hydroxyl groups excluding tert-OH is 4. The van der Waals surface area contributed by atoms with E-state index in [1.54, 1.807) is 0 Å². The van der Waals surface area contributed by atoms with E-state index in [0.717, 1.165) is 0 Å². The Labute approximate surface area is 149 Å². The van der Waals surface area contributed by atoms with Crippen LogP contribution in [0, 0.1) is 0 Å². The summed E-state index contributed by atoms with van der Waals surface area (Å²) in [5.41, 5.74) is 19.2. The van der Waals surface area contributed by atoms with Crippen LogP contribution in [0.3, 0.4) is 0 Å². The number of hydrogen-bond acceptors (Lipinski definition) is 11. The van der Waals surface area contributed by atoms with E-state index >= 15 is 0 Å².